The smallest absolute Gasteiger partial charge is 0.257 e. The fourth-order valence-electron chi connectivity index (χ4n) is 0.814. The Morgan fingerprint density at radius 2 is 2.15 bits per heavy atom. The molecule has 0 unspecified atom stereocenters. The summed E-state index contributed by atoms with van der Waals surface area (Å²) in [6, 6.07) is 0. The van der Waals surface area contributed by atoms with Crippen molar-refractivity contribution in [3.05, 3.63) is 26.0 Å². The molecule has 1 aromatic rings. The summed E-state index contributed by atoms with van der Waals surface area (Å²) < 4.78 is 25.2. The Bertz CT molecular complexity index is 320. The molecule has 0 saturated heterocycles. The minimum absolute atomic E-state index is 0.0201. The summed E-state index contributed by atoms with van der Waals surface area (Å²) in [5.41, 5.74) is 0.245. The van der Waals surface area contributed by atoms with E-state index in [0.717, 1.165) is 0 Å². The lowest BCUT2D eigenvalue weighted by Crippen LogP contribution is -1.98. The summed E-state index contributed by atoms with van der Waals surface area (Å²) in [5.74, 6) is 0.106. The lowest BCUT2D eigenvalue weighted by molar-refractivity contribution is 0.150. The molecule has 0 bridgehead atoms. The average Bonchev–Trinajstić information content (AvgIpc) is 2.04. The van der Waals surface area contributed by atoms with E-state index in [4.69, 9.17) is 23.2 Å². The van der Waals surface area contributed by atoms with E-state index in [1.165, 1.54) is 6.20 Å². The zero-order valence-electron chi connectivity index (χ0n) is 6.20. The molecule has 0 aromatic carbocycles. The van der Waals surface area contributed by atoms with E-state index in [2.05, 4.69) is 4.98 Å². The first-order chi connectivity index (χ1) is 6.07. The molecular formula is C7H4Cl2F2IN. The molecule has 6 heteroatoms. The molecule has 1 nitrogen and oxygen atoms in total. The van der Waals surface area contributed by atoms with E-state index in [1.54, 1.807) is 22.6 Å². The zero-order chi connectivity index (χ0) is 10.0. The van der Waals surface area contributed by atoms with Crippen LogP contribution in [0.1, 0.15) is 17.7 Å². The topological polar surface area (TPSA) is 12.9 Å². The lowest BCUT2D eigenvalue weighted by atomic mass is 10.2. The third kappa shape index (κ3) is 2.41. The Balaban J connectivity index is 3.30. The second-order valence-corrected chi connectivity index (χ2v) is 3.97. The monoisotopic (exact) mass is 337 g/mol. The van der Waals surface area contributed by atoms with Crippen LogP contribution in [0.15, 0.2) is 6.20 Å². The van der Waals surface area contributed by atoms with Gasteiger partial charge in [0, 0.05) is 9.77 Å². The summed E-state index contributed by atoms with van der Waals surface area (Å²) in [4.78, 5) is 3.83. The molecule has 0 radical (unpaired) electrons. The zero-order valence-corrected chi connectivity index (χ0v) is 9.87. The highest BCUT2D eigenvalue weighted by molar-refractivity contribution is 14.1. The highest BCUT2D eigenvalue weighted by Crippen LogP contribution is 2.32. The molecule has 0 atom stereocenters. The molecule has 0 aliphatic rings. The molecule has 1 rings (SSSR count). The second kappa shape index (κ2) is 4.70. The summed E-state index contributed by atoms with van der Waals surface area (Å²) in [7, 11) is 0. The van der Waals surface area contributed by atoms with E-state index in [1.807, 2.05) is 0 Å². The molecule has 0 aliphatic heterocycles. The summed E-state index contributed by atoms with van der Waals surface area (Å²) >= 11 is 12.8. The van der Waals surface area contributed by atoms with Crippen molar-refractivity contribution in [3.8, 4) is 0 Å². The van der Waals surface area contributed by atoms with Gasteiger partial charge < -0.3 is 0 Å². The van der Waals surface area contributed by atoms with E-state index in [-0.39, 0.29) is 16.5 Å². The van der Waals surface area contributed by atoms with Gasteiger partial charge in [0.05, 0.1) is 22.2 Å². The highest BCUT2D eigenvalue weighted by Gasteiger charge is 2.18. The molecule has 0 spiro atoms. The molecule has 1 aromatic heterocycles. The SMILES string of the molecule is FC(F)c1c(Cl)cnc(CCl)c1I. The van der Waals surface area contributed by atoms with Crippen molar-refractivity contribution >= 4 is 45.8 Å². The number of halogens is 5. The Labute approximate surface area is 97.6 Å². The van der Waals surface area contributed by atoms with Crippen LogP contribution >= 0.6 is 45.8 Å². The van der Waals surface area contributed by atoms with Gasteiger partial charge >= 0.3 is 0 Å². The van der Waals surface area contributed by atoms with Crippen LogP contribution in [-0.2, 0) is 5.88 Å². The van der Waals surface area contributed by atoms with Crippen molar-refractivity contribution < 1.29 is 8.78 Å². The molecule has 0 N–H and O–H groups in total. The maximum absolute atomic E-state index is 12.4. The van der Waals surface area contributed by atoms with Crippen LogP contribution in [0.4, 0.5) is 8.78 Å². The second-order valence-electron chi connectivity index (χ2n) is 2.21. The normalized spacial score (nSPS) is 10.9. The van der Waals surface area contributed by atoms with E-state index < -0.39 is 6.43 Å². The molecular weight excluding hydrogens is 334 g/mol. The molecule has 0 amide bonds. The first-order valence-electron chi connectivity index (χ1n) is 3.24. The van der Waals surface area contributed by atoms with E-state index in [0.29, 0.717) is 9.26 Å². The van der Waals surface area contributed by atoms with Gasteiger partial charge in [0.1, 0.15) is 0 Å². The van der Waals surface area contributed by atoms with Crippen molar-refractivity contribution in [2.24, 2.45) is 0 Å². The Morgan fingerprint density at radius 1 is 1.54 bits per heavy atom. The number of rotatable bonds is 2. The van der Waals surface area contributed by atoms with Gasteiger partial charge in [-0.25, -0.2) is 8.78 Å². The summed E-state index contributed by atoms with van der Waals surface area (Å²) in [6.07, 6.45) is -1.40. The van der Waals surface area contributed by atoms with Gasteiger partial charge in [-0.05, 0) is 22.6 Å². The fraction of sp³-hybridized carbons (Fsp3) is 0.286. The lowest BCUT2D eigenvalue weighted by Gasteiger charge is -2.08. The third-order valence-corrected chi connectivity index (χ3v) is 3.18. The van der Waals surface area contributed by atoms with Crippen molar-refractivity contribution in [2.75, 3.05) is 0 Å². The van der Waals surface area contributed by atoms with E-state index in [9.17, 15) is 8.78 Å². The van der Waals surface area contributed by atoms with Gasteiger partial charge in [0.15, 0.2) is 0 Å². The molecule has 0 aliphatic carbocycles. The first-order valence-corrected chi connectivity index (χ1v) is 5.24. The Kier molecular flexibility index (Phi) is 4.12. The highest BCUT2D eigenvalue weighted by atomic mass is 127. The molecule has 0 saturated carbocycles. The Morgan fingerprint density at radius 3 is 2.62 bits per heavy atom. The number of hydrogen-bond acceptors (Lipinski definition) is 1. The third-order valence-electron chi connectivity index (χ3n) is 1.43. The van der Waals surface area contributed by atoms with Crippen LogP contribution < -0.4 is 0 Å². The largest absolute Gasteiger partial charge is 0.266 e. The predicted molar refractivity (Wildman–Crippen MR) is 56.5 cm³/mol. The minimum Gasteiger partial charge on any atom is -0.257 e. The summed E-state index contributed by atoms with van der Waals surface area (Å²) in [5, 5.41) is -0.0201. The number of nitrogens with zero attached hydrogens (tertiary/aromatic N) is 1. The van der Waals surface area contributed by atoms with Gasteiger partial charge in [-0.2, -0.15) is 0 Å². The van der Waals surface area contributed by atoms with Crippen molar-refractivity contribution in [1.29, 1.82) is 0 Å². The molecule has 1 heterocycles. The first kappa shape index (κ1) is 11.4. The number of hydrogen-bond donors (Lipinski definition) is 0. The van der Waals surface area contributed by atoms with Crippen LogP contribution in [-0.4, -0.2) is 4.98 Å². The minimum atomic E-state index is -2.59. The van der Waals surface area contributed by atoms with Gasteiger partial charge in [0.2, 0.25) is 0 Å². The van der Waals surface area contributed by atoms with Crippen molar-refractivity contribution in [3.63, 3.8) is 0 Å². The maximum atomic E-state index is 12.4. The van der Waals surface area contributed by atoms with Crippen molar-refractivity contribution in [2.45, 2.75) is 12.3 Å². The quantitative estimate of drug-likeness (QED) is 0.587. The summed E-state index contributed by atoms with van der Waals surface area (Å²) in [6.45, 7) is 0. The number of aromatic nitrogens is 1. The van der Waals surface area contributed by atoms with E-state index >= 15 is 0 Å². The Hall–Kier alpha value is 0.320. The van der Waals surface area contributed by atoms with Gasteiger partial charge in [-0.3, -0.25) is 4.98 Å². The van der Waals surface area contributed by atoms with Gasteiger partial charge in [-0.15, -0.1) is 11.6 Å². The maximum Gasteiger partial charge on any atom is 0.266 e. The molecule has 13 heavy (non-hydrogen) atoms. The van der Waals surface area contributed by atoms with Crippen LogP contribution in [0, 0.1) is 3.57 Å². The van der Waals surface area contributed by atoms with Gasteiger partial charge in [-0.1, -0.05) is 11.6 Å². The van der Waals surface area contributed by atoms with Crippen LogP contribution in [0.5, 0.6) is 0 Å². The molecule has 0 fully saturated rings. The van der Waals surface area contributed by atoms with Crippen LogP contribution in [0.25, 0.3) is 0 Å². The number of pyridine rings is 1. The number of alkyl halides is 3. The average molecular weight is 338 g/mol. The predicted octanol–water partition coefficient (Wildman–Crippen LogP) is 4.02. The standard InChI is InChI=1S/C7H4Cl2F2IN/c8-1-4-6(12)5(7(10)11)3(9)2-13-4/h2,7H,1H2. The van der Waals surface area contributed by atoms with Crippen molar-refractivity contribution in [1.82, 2.24) is 4.98 Å². The van der Waals surface area contributed by atoms with Crippen LogP contribution in [0.2, 0.25) is 5.02 Å². The van der Waals surface area contributed by atoms with Gasteiger partial charge in [0.25, 0.3) is 6.43 Å². The molecule has 72 valence electrons. The fourth-order valence-corrected chi connectivity index (χ4v) is 2.48. The van der Waals surface area contributed by atoms with Crippen LogP contribution in [0.3, 0.4) is 0 Å².